The fourth-order valence-electron chi connectivity index (χ4n) is 3.24. The third-order valence-electron chi connectivity index (χ3n) is 4.97. The number of rotatable bonds is 8. The Balaban J connectivity index is 2.23. The Morgan fingerprint density at radius 1 is 1.14 bits per heavy atom. The number of ether oxygens (including phenoxy) is 1. The number of methoxy groups -OCH3 is 1. The zero-order valence-corrected chi connectivity index (χ0v) is 21.2. The molecule has 0 unspecified atom stereocenters. The summed E-state index contributed by atoms with van der Waals surface area (Å²) in [5.74, 6) is -0.966. The normalized spacial score (nSPS) is 11.9. The van der Waals surface area contributed by atoms with E-state index in [1.165, 1.54) is 19.2 Å². The van der Waals surface area contributed by atoms with Crippen molar-refractivity contribution in [2.75, 3.05) is 18.1 Å². The van der Waals surface area contributed by atoms with Crippen LogP contribution in [-0.2, 0) is 20.9 Å². The van der Waals surface area contributed by atoms with E-state index in [-0.39, 0.29) is 16.3 Å². The van der Waals surface area contributed by atoms with Gasteiger partial charge in [-0.1, -0.05) is 23.2 Å². The SMILES string of the molecule is COCN(c1cc(C)cnc1C(=O)c1cc([N+](=O)[O-])ccc1Cl)S(=O)(=O)c1ccc(Cl)c(C(F)(F)F)c1. The summed E-state index contributed by atoms with van der Waals surface area (Å²) >= 11 is 11.7. The largest absolute Gasteiger partial charge is 0.417 e. The number of benzene rings is 2. The van der Waals surface area contributed by atoms with Gasteiger partial charge in [-0.3, -0.25) is 19.9 Å². The Hall–Kier alpha value is -3.26. The molecule has 0 saturated heterocycles. The molecule has 0 amide bonds. The van der Waals surface area contributed by atoms with Crippen molar-refractivity contribution in [3.63, 3.8) is 0 Å². The van der Waals surface area contributed by atoms with E-state index < -0.39 is 60.5 Å². The number of sulfonamides is 1. The van der Waals surface area contributed by atoms with Gasteiger partial charge < -0.3 is 4.74 Å². The van der Waals surface area contributed by atoms with Crippen molar-refractivity contribution < 1.29 is 36.0 Å². The highest BCUT2D eigenvalue weighted by atomic mass is 35.5. The number of aryl methyl sites for hydroxylation is 1. The van der Waals surface area contributed by atoms with Crippen LogP contribution in [0.5, 0.6) is 0 Å². The maximum atomic E-state index is 13.5. The summed E-state index contributed by atoms with van der Waals surface area (Å²) in [5, 5.41) is 10.3. The molecular weight excluding hydrogens is 562 g/mol. The number of pyridine rings is 1. The van der Waals surface area contributed by atoms with Crippen molar-refractivity contribution in [1.29, 1.82) is 0 Å². The minimum absolute atomic E-state index is 0.169. The highest BCUT2D eigenvalue weighted by molar-refractivity contribution is 7.92. The highest BCUT2D eigenvalue weighted by Crippen LogP contribution is 2.37. The molecule has 0 saturated carbocycles. The van der Waals surface area contributed by atoms with Gasteiger partial charge in [0.25, 0.3) is 15.7 Å². The lowest BCUT2D eigenvalue weighted by Crippen LogP contribution is -2.34. The predicted octanol–water partition coefficient (Wildman–Crippen LogP) is 5.65. The van der Waals surface area contributed by atoms with Gasteiger partial charge in [-0.2, -0.15) is 13.2 Å². The highest BCUT2D eigenvalue weighted by Gasteiger charge is 2.37. The first-order valence-electron chi connectivity index (χ1n) is 10.0. The minimum Gasteiger partial charge on any atom is -0.363 e. The average molecular weight is 578 g/mol. The van der Waals surface area contributed by atoms with Crippen LogP contribution in [0.1, 0.15) is 27.2 Å². The summed E-state index contributed by atoms with van der Waals surface area (Å²) in [6.45, 7) is 0.813. The monoisotopic (exact) mass is 577 g/mol. The number of hydrogen-bond acceptors (Lipinski definition) is 7. The smallest absolute Gasteiger partial charge is 0.363 e. The van der Waals surface area contributed by atoms with Crippen molar-refractivity contribution >= 4 is 50.4 Å². The molecule has 0 aliphatic heterocycles. The van der Waals surface area contributed by atoms with Gasteiger partial charge in [-0.25, -0.2) is 12.7 Å². The van der Waals surface area contributed by atoms with Crippen LogP contribution >= 0.6 is 23.2 Å². The van der Waals surface area contributed by atoms with Crippen LogP contribution < -0.4 is 4.31 Å². The molecular formula is C22H16Cl2F3N3O6S. The summed E-state index contributed by atoms with van der Waals surface area (Å²) in [6, 6.07) is 6.37. The third kappa shape index (κ3) is 5.85. The quantitative estimate of drug-likeness (QED) is 0.147. The van der Waals surface area contributed by atoms with Gasteiger partial charge in [0.05, 0.1) is 31.1 Å². The molecule has 0 atom stereocenters. The van der Waals surface area contributed by atoms with E-state index in [0.717, 1.165) is 37.4 Å². The van der Waals surface area contributed by atoms with Gasteiger partial charge in [0, 0.05) is 31.0 Å². The number of ketones is 1. The summed E-state index contributed by atoms with van der Waals surface area (Å²) in [6.07, 6.45) is -3.71. The minimum atomic E-state index is -4.94. The summed E-state index contributed by atoms with van der Waals surface area (Å²) < 4.78 is 72.8. The fourth-order valence-corrected chi connectivity index (χ4v) is 5.07. The molecule has 0 aliphatic rings. The molecule has 196 valence electrons. The topological polar surface area (TPSA) is 120 Å². The molecule has 1 heterocycles. The van der Waals surface area contributed by atoms with Gasteiger partial charge in [-0.05, 0) is 42.8 Å². The van der Waals surface area contributed by atoms with Crippen LogP contribution in [-0.4, -0.2) is 37.9 Å². The number of non-ortho nitro benzene ring substituents is 1. The zero-order valence-electron chi connectivity index (χ0n) is 18.9. The second-order valence-corrected chi connectivity index (χ2v) is 10.2. The van der Waals surface area contributed by atoms with Crippen molar-refractivity contribution in [3.8, 4) is 0 Å². The lowest BCUT2D eigenvalue weighted by Gasteiger charge is -2.26. The number of carbonyl (C=O) groups excluding carboxylic acids is 1. The number of nitro benzene ring substituents is 1. The number of hydrogen-bond donors (Lipinski definition) is 0. The predicted molar refractivity (Wildman–Crippen MR) is 129 cm³/mol. The van der Waals surface area contributed by atoms with Crippen LogP contribution in [0.3, 0.4) is 0 Å². The number of nitrogens with zero attached hydrogens (tertiary/aromatic N) is 3. The van der Waals surface area contributed by atoms with Crippen LogP contribution in [0.15, 0.2) is 53.6 Å². The first kappa shape index (κ1) is 28.3. The second kappa shape index (κ2) is 10.6. The van der Waals surface area contributed by atoms with Gasteiger partial charge >= 0.3 is 6.18 Å². The molecule has 15 heteroatoms. The van der Waals surface area contributed by atoms with Gasteiger partial charge in [-0.15, -0.1) is 0 Å². The third-order valence-corrected chi connectivity index (χ3v) is 7.36. The molecule has 0 radical (unpaired) electrons. The van der Waals surface area contributed by atoms with Crippen molar-refractivity contribution in [3.05, 3.63) is 91.2 Å². The van der Waals surface area contributed by atoms with E-state index >= 15 is 0 Å². The number of nitro groups is 1. The number of carbonyl (C=O) groups is 1. The van der Waals surface area contributed by atoms with E-state index in [4.69, 9.17) is 27.9 Å². The Morgan fingerprint density at radius 2 is 1.78 bits per heavy atom. The number of alkyl halides is 3. The molecule has 0 N–H and O–H groups in total. The Kier molecular flexibility index (Phi) is 8.12. The Labute approximate surface area is 218 Å². The van der Waals surface area contributed by atoms with E-state index in [1.54, 1.807) is 0 Å². The summed E-state index contributed by atoms with van der Waals surface area (Å²) in [7, 11) is -3.65. The van der Waals surface area contributed by atoms with Crippen LogP contribution in [0.25, 0.3) is 0 Å². The molecule has 0 fully saturated rings. The van der Waals surface area contributed by atoms with Crippen LogP contribution in [0.2, 0.25) is 10.0 Å². The molecule has 2 aromatic carbocycles. The van der Waals surface area contributed by atoms with Crippen LogP contribution in [0, 0.1) is 17.0 Å². The molecule has 3 rings (SSSR count). The second-order valence-electron chi connectivity index (χ2n) is 7.54. The van der Waals surface area contributed by atoms with Crippen molar-refractivity contribution in [1.82, 2.24) is 4.98 Å². The molecule has 0 spiro atoms. The molecule has 0 aliphatic carbocycles. The van der Waals surface area contributed by atoms with Crippen molar-refractivity contribution in [2.45, 2.75) is 18.0 Å². The molecule has 1 aromatic heterocycles. The molecule has 0 bridgehead atoms. The average Bonchev–Trinajstić information content (AvgIpc) is 2.81. The summed E-state index contributed by atoms with van der Waals surface area (Å²) in [4.78, 5) is 27.0. The first-order valence-corrected chi connectivity index (χ1v) is 12.2. The first-order chi connectivity index (χ1) is 17.2. The lowest BCUT2D eigenvalue weighted by molar-refractivity contribution is -0.384. The number of halogens is 5. The van der Waals surface area contributed by atoms with E-state index in [0.29, 0.717) is 15.9 Å². The lowest BCUT2D eigenvalue weighted by atomic mass is 10.0. The van der Waals surface area contributed by atoms with Crippen molar-refractivity contribution in [2.24, 2.45) is 0 Å². The summed E-state index contributed by atoms with van der Waals surface area (Å²) in [5.41, 5.74) is -2.62. The Bertz CT molecular complexity index is 1500. The number of aromatic nitrogens is 1. The van der Waals surface area contributed by atoms with Crippen LogP contribution in [0.4, 0.5) is 24.5 Å². The molecule has 9 nitrogen and oxygen atoms in total. The number of anilines is 1. The fraction of sp³-hybridized carbons (Fsp3) is 0.182. The molecule has 37 heavy (non-hydrogen) atoms. The molecule has 3 aromatic rings. The standard InChI is InChI=1S/C22H16Cl2F3N3O6S/c1-12-7-19(20(28-10-12)21(31)15-8-13(30(32)33)3-5-17(15)23)29(11-36-2)37(34,35)14-4-6-18(24)16(9-14)22(25,26)27/h3-10H,11H2,1-2H3. The van der Waals surface area contributed by atoms with Gasteiger partial charge in [0.1, 0.15) is 12.4 Å². The zero-order chi connectivity index (χ0) is 27.7. The van der Waals surface area contributed by atoms with Gasteiger partial charge in [0.15, 0.2) is 0 Å². The van der Waals surface area contributed by atoms with E-state index in [1.807, 2.05) is 0 Å². The maximum Gasteiger partial charge on any atom is 0.417 e. The Morgan fingerprint density at radius 3 is 2.38 bits per heavy atom. The van der Waals surface area contributed by atoms with Gasteiger partial charge in [0.2, 0.25) is 5.78 Å². The van der Waals surface area contributed by atoms with E-state index in [2.05, 4.69) is 4.98 Å². The van der Waals surface area contributed by atoms with E-state index in [9.17, 15) is 36.5 Å². The maximum absolute atomic E-state index is 13.5.